The van der Waals surface area contributed by atoms with Crippen molar-refractivity contribution in [3.63, 3.8) is 0 Å². The number of aliphatic hydroxyl groups excluding tert-OH is 1. The number of alkyl halides is 3. The van der Waals surface area contributed by atoms with Crippen molar-refractivity contribution in [2.45, 2.75) is 30.7 Å². The van der Waals surface area contributed by atoms with Crippen LogP contribution in [0.1, 0.15) is 29.2 Å². The Morgan fingerprint density at radius 3 is 2.54 bits per heavy atom. The molecule has 0 saturated heterocycles. The maximum Gasteiger partial charge on any atom is 0.405 e. The van der Waals surface area contributed by atoms with Gasteiger partial charge in [-0.15, -0.1) is 0 Å². The van der Waals surface area contributed by atoms with Crippen molar-refractivity contribution < 1.29 is 32.5 Å². The molecule has 0 aromatic heterocycles. The van der Waals surface area contributed by atoms with Gasteiger partial charge in [0.05, 0.1) is 6.61 Å². The predicted octanol–water partition coefficient (Wildman–Crippen LogP) is 6.33. The van der Waals surface area contributed by atoms with E-state index in [4.69, 9.17) is 20.1 Å². The molecule has 1 heterocycles. The van der Waals surface area contributed by atoms with Crippen LogP contribution in [0.5, 0.6) is 5.75 Å². The molecule has 0 unspecified atom stereocenters. The van der Waals surface area contributed by atoms with Crippen LogP contribution >= 0.6 is 15.9 Å². The van der Waals surface area contributed by atoms with Crippen molar-refractivity contribution in [1.29, 1.82) is 0 Å². The molecule has 0 fully saturated rings. The number of carbonyl (C=O) groups excluding carboxylic acids is 1. The highest BCUT2D eigenvalue weighted by Gasteiger charge is 2.54. The van der Waals surface area contributed by atoms with E-state index < -0.39 is 30.3 Å². The average Bonchev–Trinajstić information content (AvgIpc) is 3.34. The van der Waals surface area contributed by atoms with Crippen molar-refractivity contribution in [3.8, 4) is 5.75 Å². The number of aliphatic imine (C=N–C) groups is 1. The first-order chi connectivity index (χ1) is 19.7. The number of amides is 1. The van der Waals surface area contributed by atoms with Crippen molar-refractivity contribution in [2.75, 3.05) is 19.8 Å². The second-order valence-corrected chi connectivity index (χ2v) is 9.96. The van der Waals surface area contributed by atoms with E-state index in [1.807, 2.05) is 5.32 Å². The molecule has 3 aromatic carbocycles. The van der Waals surface area contributed by atoms with Gasteiger partial charge in [-0.2, -0.15) is 13.2 Å². The van der Waals surface area contributed by atoms with Crippen molar-refractivity contribution >= 4 is 33.4 Å². The average molecular weight is 632 g/mol. The third-order valence-corrected chi connectivity index (χ3v) is 7.04. The summed E-state index contributed by atoms with van der Waals surface area (Å²) >= 11 is 3.46. The lowest BCUT2D eigenvalue weighted by Crippen LogP contribution is -2.51. The minimum absolute atomic E-state index is 0.0156. The van der Waals surface area contributed by atoms with Crippen LogP contribution in [0.2, 0.25) is 0 Å². The fraction of sp³-hybridized carbons (Fsp3) is 0.286. The largest absolute Gasteiger partial charge is 0.494 e. The Hall–Kier alpha value is -4.06. The number of azide groups is 1. The fourth-order valence-corrected chi connectivity index (χ4v) is 4.80. The summed E-state index contributed by atoms with van der Waals surface area (Å²) in [6.45, 7) is -1.28. The minimum Gasteiger partial charge on any atom is -0.494 e. The SMILES string of the molecule is [N-]=[N+]=Nc1ccccc1[C@H]1OC(c2ccc(OCCCO)cc2)=N[C@@]1(Cc1ccccc1Br)C(=O)NCC(F)(F)F. The van der Waals surface area contributed by atoms with E-state index in [0.29, 0.717) is 34.4 Å². The molecule has 0 saturated carbocycles. The normalized spacial score (nSPS) is 18.2. The summed E-state index contributed by atoms with van der Waals surface area (Å²) in [5, 5.41) is 14.7. The second kappa shape index (κ2) is 13.1. The molecule has 1 aliphatic heterocycles. The van der Waals surface area contributed by atoms with Crippen LogP contribution in [0.3, 0.4) is 0 Å². The first-order valence-electron chi connectivity index (χ1n) is 12.5. The molecule has 0 aliphatic carbocycles. The summed E-state index contributed by atoms with van der Waals surface area (Å²) in [6.07, 6.45) is -5.60. The summed E-state index contributed by atoms with van der Waals surface area (Å²) in [5.41, 5.74) is 8.71. The van der Waals surface area contributed by atoms with Gasteiger partial charge in [-0.05, 0) is 41.4 Å². The number of rotatable bonds is 11. The highest BCUT2D eigenvalue weighted by atomic mass is 79.9. The topological polar surface area (TPSA) is 129 Å². The van der Waals surface area contributed by atoms with Crippen LogP contribution in [-0.2, 0) is 16.0 Å². The number of hydrogen-bond acceptors (Lipinski definition) is 6. The number of nitrogens with zero attached hydrogens (tertiary/aromatic N) is 4. The molecule has 41 heavy (non-hydrogen) atoms. The monoisotopic (exact) mass is 631 g/mol. The van der Waals surface area contributed by atoms with Gasteiger partial charge in [0.25, 0.3) is 5.91 Å². The zero-order valence-corrected chi connectivity index (χ0v) is 23.1. The molecule has 4 rings (SSSR count). The van der Waals surface area contributed by atoms with Gasteiger partial charge in [0.1, 0.15) is 12.3 Å². The van der Waals surface area contributed by atoms with Crippen LogP contribution in [0.4, 0.5) is 18.9 Å². The molecule has 0 bridgehead atoms. The van der Waals surface area contributed by atoms with E-state index in [0.717, 1.165) is 0 Å². The standard InChI is InChI=1S/C28H25BrF3N5O4/c29-22-8-3-1-6-19(22)16-27(26(39)34-17-28(30,31)32)24(21-7-2-4-9-23(21)36-37-33)41-25(35-27)18-10-12-20(13-11-18)40-15-5-14-38/h1-4,6-13,24,38H,5,14-17H2,(H,34,39)/t24-,27-/m1/s1. The van der Waals surface area contributed by atoms with Gasteiger partial charge in [0.2, 0.25) is 5.90 Å². The molecular formula is C28H25BrF3N5O4. The van der Waals surface area contributed by atoms with Crippen LogP contribution in [-0.4, -0.2) is 48.4 Å². The Balaban J connectivity index is 1.85. The first kappa shape index (κ1) is 29.9. The third kappa shape index (κ3) is 7.18. The first-order valence-corrected chi connectivity index (χ1v) is 13.3. The van der Waals surface area contributed by atoms with Gasteiger partial charge in [-0.3, -0.25) is 4.79 Å². The second-order valence-electron chi connectivity index (χ2n) is 9.10. The zero-order valence-electron chi connectivity index (χ0n) is 21.5. The van der Waals surface area contributed by atoms with Crippen LogP contribution in [0.25, 0.3) is 10.4 Å². The van der Waals surface area contributed by atoms with Crippen molar-refractivity contribution in [3.05, 3.63) is 104 Å². The highest BCUT2D eigenvalue weighted by molar-refractivity contribution is 9.10. The molecule has 1 aliphatic rings. The van der Waals surface area contributed by atoms with Crippen molar-refractivity contribution in [1.82, 2.24) is 5.32 Å². The maximum absolute atomic E-state index is 13.8. The molecule has 0 spiro atoms. The zero-order chi connectivity index (χ0) is 29.5. The number of benzene rings is 3. The van der Waals surface area contributed by atoms with Gasteiger partial charge in [0, 0.05) is 45.6 Å². The molecule has 0 radical (unpaired) electrons. The van der Waals surface area contributed by atoms with Gasteiger partial charge in [-0.1, -0.05) is 63.5 Å². The lowest BCUT2D eigenvalue weighted by Gasteiger charge is -2.31. The smallest absolute Gasteiger partial charge is 0.405 e. The molecule has 13 heteroatoms. The van der Waals surface area contributed by atoms with Gasteiger partial charge >= 0.3 is 6.18 Å². The number of halogens is 4. The minimum atomic E-state index is -4.67. The third-order valence-electron chi connectivity index (χ3n) is 6.27. The Labute approximate surface area is 241 Å². The fourth-order valence-electron chi connectivity index (χ4n) is 4.37. The van der Waals surface area contributed by atoms with Crippen LogP contribution < -0.4 is 10.1 Å². The molecule has 2 N–H and O–H groups in total. The Kier molecular flexibility index (Phi) is 9.53. The number of hydrogen-bond donors (Lipinski definition) is 2. The van der Waals surface area contributed by atoms with Gasteiger partial charge in [0.15, 0.2) is 11.6 Å². The number of nitrogens with one attached hydrogen (secondary N) is 1. The van der Waals surface area contributed by atoms with E-state index in [2.05, 4.69) is 30.9 Å². The van der Waals surface area contributed by atoms with E-state index >= 15 is 0 Å². The molecule has 3 aromatic rings. The highest BCUT2D eigenvalue weighted by Crippen LogP contribution is 2.46. The predicted molar refractivity (Wildman–Crippen MR) is 149 cm³/mol. The number of ether oxygens (including phenoxy) is 2. The molecule has 9 nitrogen and oxygen atoms in total. The number of carbonyl (C=O) groups is 1. The molecule has 214 valence electrons. The Morgan fingerprint density at radius 2 is 1.85 bits per heavy atom. The lowest BCUT2D eigenvalue weighted by atomic mass is 9.81. The van der Waals surface area contributed by atoms with Crippen LogP contribution in [0.15, 0.2) is 87.4 Å². The van der Waals surface area contributed by atoms with E-state index in [-0.39, 0.29) is 30.2 Å². The summed E-state index contributed by atoms with van der Waals surface area (Å²) < 4.78 is 52.1. The Bertz CT molecular complexity index is 1460. The summed E-state index contributed by atoms with van der Waals surface area (Å²) in [6, 6.07) is 19.9. The summed E-state index contributed by atoms with van der Waals surface area (Å²) in [4.78, 5) is 21.3. The number of aliphatic hydroxyl groups is 1. The van der Waals surface area contributed by atoms with Gasteiger partial charge < -0.3 is 19.9 Å². The van der Waals surface area contributed by atoms with Crippen molar-refractivity contribution in [2.24, 2.45) is 10.1 Å². The van der Waals surface area contributed by atoms with E-state index in [9.17, 15) is 18.0 Å². The maximum atomic E-state index is 13.8. The van der Waals surface area contributed by atoms with Crippen LogP contribution in [0, 0.1) is 0 Å². The molecule has 1 amide bonds. The summed E-state index contributed by atoms with van der Waals surface area (Å²) in [7, 11) is 0. The quantitative estimate of drug-likeness (QED) is 0.111. The Morgan fingerprint density at radius 1 is 1.15 bits per heavy atom. The molecule has 2 atom stereocenters. The lowest BCUT2D eigenvalue weighted by molar-refractivity contribution is -0.143. The van der Waals surface area contributed by atoms with Gasteiger partial charge in [-0.25, -0.2) is 4.99 Å². The molecular weight excluding hydrogens is 607 g/mol. The van der Waals surface area contributed by atoms with E-state index in [1.54, 1.807) is 66.7 Å². The summed E-state index contributed by atoms with van der Waals surface area (Å²) in [5.74, 6) is -0.472. The van der Waals surface area contributed by atoms with E-state index in [1.165, 1.54) is 6.07 Å².